The van der Waals surface area contributed by atoms with Gasteiger partial charge in [-0.1, -0.05) is 23.9 Å². The lowest BCUT2D eigenvalue weighted by molar-refractivity contribution is -0.137. The van der Waals surface area contributed by atoms with Crippen LogP contribution in [0.4, 0.5) is 18.9 Å². The van der Waals surface area contributed by atoms with Crippen molar-refractivity contribution in [2.75, 3.05) is 19.8 Å². The number of ether oxygens (including phenoxy) is 1. The minimum atomic E-state index is -4.44. The van der Waals surface area contributed by atoms with E-state index in [-0.39, 0.29) is 12.2 Å². The molecule has 162 valence electrons. The van der Waals surface area contributed by atoms with Gasteiger partial charge >= 0.3 is 12.1 Å². The third-order valence-electron chi connectivity index (χ3n) is 4.59. The van der Waals surface area contributed by atoms with Crippen LogP contribution in [0.5, 0.6) is 0 Å². The molecule has 0 aliphatic heterocycles. The second kappa shape index (κ2) is 10.0. The van der Waals surface area contributed by atoms with Crippen molar-refractivity contribution < 1.29 is 22.7 Å². The Morgan fingerprint density at radius 3 is 2.47 bits per heavy atom. The molecule has 0 aliphatic rings. The van der Waals surface area contributed by atoms with Gasteiger partial charge in [-0.15, -0.1) is 0 Å². The summed E-state index contributed by atoms with van der Waals surface area (Å²) in [6.45, 7) is 6.25. The van der Waals surface area contributed by atoms with E-state index in [4.69, 9.17) is 4.74 Å². The third-order valence-corrected chi connectivity index (χ3v) is 5.35. The molecule has 0 spiro atoms. The maximum Gasteiger partial charge on any atom is 0.416 e. The van der Waals surface area contributed by atoms with E-state index in [1.54, 1.807) is 13.0 Å². The second-order valence-electron chi connectivity index (χ2n) is 6.84. The first-order chi connectivity index (χ1) is 14.1. The minimum Gasteiger partial charge on any atom is -0.457 e. The van der Waals surface area contributed by atoms with Gasteiger partial charge in [-0.25, -0.2) is 9.79 Å². The van der Waals surface area contributed by atoms with Gasteiger partial charge in [0.2, 0.25) is 0 Å². The van der Waals surface area contributed by atoms with Crippen LogP contribution in [0.15, 0.2) is 41.4 Å². The Morgan fingerprint density at radius 2 is 1.87 bits per heavy atom. The Hall–Kier alpha value is -2.48. The zero-order valence-electron chi connectivity index (χ0n) is 17.6. The van der Waals surface area contributed by atoms with Crippen LogP contribution < -0.4 is 0 Å². The highest BCUT2D eigenvalue weighted by Crippen LogP contribution is 2.30. The fourth-order valence-corrected chi connectivity index (χ4v) is 3.36. The Kier molecular flexibility index (Phi) is 7.95. The Morgan fingerprint density at radius 1 is 1.17 bits per heavy atom. The molecule has 0 heterocycles. The SMILES string of the molecule is CCN(C)C(=Nc1cc(C)c(C(=O)OCc2cccc(C(F)(F)F)c2)cc1C)SC. The van der Waals surface area contributed by atoms with Crippen LogP contribution in [-0.4, -0.2) is 35.9 Å². The standard InChI is InChI=1S/C22H25F3N2O2S/c1-6-27(4)21(30-5)26-19-11-14(2)18(10-15(19)3)20(28)29-13-16-8-7-9-17(12-16)22(23,24)25/h7-12H,6,13H2,1-5H3. The van der Waals surface area contributed by atoms with Crippen LogP contribution in [0.1, 0.15) is 39.5 Å². The lowest BCUT2D eigenvalue weighted by Crippen LogP contribution is -2.23. The van der Waals surface area contributed by atoms with E-state index in [1.165, 1.54) is 23.9 Å². The number of hydrogen-bond acceptors (Lipinski definition) is 4. The molecule has 0 bridgehead atoms. The Labute approximate surface area is 179 Å². The van der Waals surface area contributed by atoms with Crippen molar-refractivity contribution in [2.24, 2.45) is 4.99 Å². The number of aliphatic imine (C=N–C) groups is 1. The number of halogens is 3. The van der Waals surface area contributed by atoms with Crippen LogP contribution in [0.25, 0.3) is 0 Å². The van der Waals surface area contributed by atoms with Crippen molar-refractivity contribution in [1.29, 1.82) is 0 Å². The van der Waals surface area contributed by atoms with E-state index in [9.17, 15) is 18.0 Å². The largest absolute Gasteiger partial charge is 0.457 e. The maximum absolute atomic E-state index is 12.8. The van der Waals surface area contributed by atoms with E-state index in [1.807, 2.05) is 38.1 Å². The predicted octanol–water partition coefficient (Wildman–Crippen LogP) is 5.98. The smallest absolute Gasteiger partial charge is 0.416 e. The molecule has 0 radical (unpaired) electrons. The number of nitrogens with zero attached hydrogens (tertiary/aromatic N) is 2. The number of alkyl halides is 3. The highest BCUT2D eigenvalue weighted by atomic mass is 32.2. The van der Waals surface area contributed by atoms with Gasteiger partial charge in [0, 0.05) is 13.6 Å². The van der Waals surface area contributed by atoms with Crippen molar-refractivity contribution in [2.45, 2.75) is 33.6 Å². The van der Waals surface area contributed by atoms with Crippen LogP contribution in [-0.2, 0) is 17.5 Å². The summed E-state index contributed by atoms with van der Waals surface area (Å²) in [6, 6.07) is 8.27. The van der Waals surface area contributed by atoms with Crippen molar-refractivity contribution in [3.05, 3.63) is 64.2 Å². The monoisotopic (exact) mass is 438 g/mol. The van der Waals surface area contributed by atoms with Gasteiger partial charge in [0.1, 0.15) is 6.61 Å². The van der Waals surface area contributed by atoms with E-state index >= 15 is 0 Å². The summed E-state index contributed by atoms with van der Waals surface area (Å²) in [5, 5.41) is 0.861. The highest BCUT2D eigenvalue weighted by Gasteiger charge is 2.30. The van der Waals surface area contributed by atoms with E-state index in [0.717, 1.165) is 35.1 Å². The van der Waals surface area contributed by atoms with E-state index in [2.05, 4.69) is 4.99 Å². The molecule has 2 rings (SSSR count). The van der Waals surface area contributed by atoms with Crippen molar-refractivity contribution >= 4 is 28.6 Å². The first-order valence-corrected chi connectivity index (χ1v) is 10.6. The molecule has 0 fully saturated rings. The highest BCUT2D eigenvalue weighted by molar-refractivity contribution is 8.13. The molecule has 30 heavy (non-hydrogen) atoms. The van der Waals surface area contributed by atoms with Crippen molar-refractivity contribution in [3.8, 4) is 0 Å². The summed E-state index contributed by atoms with van der Waals surface area (Å²) in [5.41, 5.74) is 2.13. The minimum absolute atomic E-state index is 0.237. The van der Waals surface area contributed by atoms with Gasteiger partial charge in [0.05, 0.1) is 16.8 Å². The van der Waals surface area contributed by atoms with E-state index < -0.39 is 17.7 Å². The topological polar surface area (TPSA) is 41.9 Å². The number of benzene rings is 2. The lowest BCUT2D eigenvalue weighted by atomic mass is 10.0. The molecule has 0 unspecified atom stereocenters. The predicted molar refractivity (Wildman–Crippen MR) is 115 cm³/mol. The van der Waals surface area contributed by atoms with Crippen LogP contribution in [0.2, 0.25) is 0 Å². The average molecular weight is 439 g/mol. The maximum atomic E-state index is 12.8. The van der Waals surface area contributed by atoms with Crippen molar-refractivity contribution in [1.82, 2.24) is 4.90 Å². The van der Waals surface area contributed by atoms with Gasteiger partial charge in [-0.05, 0) is 68.0 Å². The number of hydrogen-bond donors (Lipinski definition) is 0. The van der Waals surface area contributed by atoms with Gasteiger partial charge in [0.15, 0.2) is 5.17 Å². The summed E-state index contributed by atoms with van der Waals surface area (Å²) in [4.78, 5) is 19.2. The Bertz CT molecular complexity index is 942. The van der Waals surface area contributed by atoms with Gasteiger partial charge in [-0.3, -0.25) is 0 Å². The number of aryl methyl sites for hydroxylation is 2. The molecule has 0 N–H and O–H groups in total. The average Bonchev–Trinajstić information content (AvgIpc) is 2.71. The van der Waals surface area contributed by atoms with Crippen LogP contribution in [0.3, 0.4) is 0 Å². The molecule has 0 saturated carbocycles. The zero-order valence-corrected chi connectivity index (χ0v) is 18.4. The molecule has 0 saturated heterocycles. The van der Waals surface area contributed by atoms with Gasteiger partial charge in [-0.2, -0.15) is 13.2 Å². The van der Waals surface area contributed by atoms with E-state index in [0.29, 0.717) is 11.1 Å². The number of thioether (sulfide) groups is 1. The third kappa shape index (κ3) is 6.01. The number of amidine groups is 1. The molecule has 2 aromatic carbocycles. The zero-order chi connectivity index (χ0) is 22.5. The summed E-state index contributed by atoms with van der Waals surface area (Å²) >= 11 is 1.54. The summed E-state index contributed by atoms with van der Waals surface area (Å²) in [6.07, 6.45) is -2.49. The number of carbonyl (C=O) groups is 1. The molecule has 4 nitrogen and oxygen atoms in total. The molecule has 0 amide bonds. The lowest BCUT2D eigenvalue weighted by Gasteiger charge is -2.18. The fraction of sp³-hybridized carbons (Fsp3) is 0.364. The molecule has 0 atom stereocenters. The molecular formula is C22H25F3N2O2S. The Balaban J connectivity index is 2.19. The normalized spacial score (nSPS) is 12.1. The molecule has 8 heteroatoms. The molecule has 0 aliphatic carbocycles. The summed E-state index contributed by atoms with van der Waals surface area (Å²) < 4.78 is 43.8. The van der Waals surface area contributed by atoms with Crippen molar-refractivity contribution in [3.63, 3.8) is 0 Å². The number of rotatable bonds is 5. The van der Waals surface area contributed by atoms with Gasteiger partial charge < -0.3 is 9.64 Å². The van der Waals surface area contributed by atoms with Crippen LogP contribution >= 0.6 is 11.8 Å². The fourth-order valence-electron chi connectivity index (χ4n) is 2.73. The summed E-state index contributed by atoms with van der Waals surface area (Å²) in [7, 11) is 1.96. The second-order valence-corrected chi connectivity index (χ2v) is 7.61. The number of esters is 1. The molecular weight excluding hydrogens is 413 g/mol. The molecule has 2 aromatic rings. The first kappa shape index (κ1) is 23.8. The van der Waals surface area contributed by atoms with Crippen LogP contribution in [0, 0.1) is 13.8 Å². The number of carbonyl (C=O) groups excluding carboxylic acids is 1. The summed E-state index contributed by atoms with van der Waals surface area (Å²) in [5.74, 6) is -0.584. The van der Waals surface area contributed by atoms with Gasteiger partial charge in [0.25, 0.3) is 0 Å². The quantitative estimate of drug-likeness (QED) is 0.327. The molecule has 0 aromatic heterocycles. The first-order valence-electron chi connectivity index (χ1n) is 9.35.